The van der Waals surface area contributed by atoms with Crippen LogP contribution in [-0.4, -0.2) is 11.2 Å². The monoisotopic (exact) mass is 294 g/mol. The van der Waals surface area contributed by atoms with Crippen molar-refractivity contribution in [2.75, 3.05) is 0 Å². The molecule has 1 unspecified atom stereocenters. The van der Waals surface area contributed by atoms with Gasteiger partial charge in [0.25, 0.3) is 0 Å². The summed E-state index contributed by atoms with van der Waals surface area (Å²) in [5.74, 6) is 1.65. The molecule has 0 aliphatic heterocycles. The lowest BCUT2D eigenvalue weighted by Crippen LogP contribution is -2.43. The number of hydrogen-bond acceptors (Lipinski definition) is 1. The second-order valence-corrected chi connectivity index (χ2v) is 8.92. The summed E-state index contributed by atoms with van der Waals surface area (Å²) >= 11 is 0. The van der Waals surface area contributed by atoms with Crippen LogP contribution in [0.25, 0.3) is 0 Å². The summed E-state index contributed by atoms with van der Waals surface area (Å²) in [4.78, 5) is 0. The average Bonchev–Trinajstić information content (AvgIpc) is 2.86. The Balaban J connectivity index is 1.63. The Kier molecular flexibility index (Phi) is 5.79. The van der Waals surface area contributed by atoms with Gasteiger partial charge in [-0.3, -0.25) is 0 Å². The van der Waals surface area contributed by atoms with Gasteiger partial charge in [0.1, 0.15) is 0 Å². The predicted octanol–water partition coefficient (Wildman–Crippen LogP) is 5.95. The van der Waals surface area contributed by atoms with Crippen molar-refractivity contribution in [2.45, 2.75) is 104 Å². The second kappa shape index (κ2) is 7.02. The fourth-order valence-corrected chi connectivity index (χ4v) is 5.53. The van der Waals surface area contributed by atoms with Crippen molar-refractivity contribution in [1.29, 1.82) is 0 Å². The maximum absolute atomic E-state index is 10.5. The second-order valence-electron chi connectivity index (χ2n) is 8.92. The van der Waals surface area contributed by atoms with E-state index in [1.54, 1.807) is 0 Å². The van der Waals surface area contributed by atoms with Crippen LogP contribution in [0.1, 0.15) is 98.3 Å². The molecule has 0 radical (unpaired) electrons. The molecular formula is C20H38O. The van der Waals surface area contributed by atoms with E-state index >= 15 is 0 Å². The van der Waals surface area contributed by atoms with Crippen LogP contribution < -0.4 is 0 Å². The van der Waals surface area contributed by atoms with Crippen LogP contribution in [0.2, 0.25) is 0 Å². The molecule has 0 amide bonds. The van der Waals surface area contributed by atoms with Gasteiger partial charge in [-0.25, -0.2) is 0 Å². The maximum Gasteiger partial charge on any atom is 0.0647 e. The predicted molar refractivity (Wildman–Crippen MR) is 91.3 cm³/mol. The summed E-state index contributed by atoms with van der Waals surface area (Å²) in [5, 5.41) is 10.5. The zero-order valence-electron chi connectivity index (χ0n) is 15.0. The molecule has 2 bridgehead atoms. The summed E-state index contributed by atoms with van der Waals surface area (Å²) in [6.45, 7) is 9.21. The van der Waals surface area contributed by atoms with E-state index in [4.69, 9.17) is 0 Å². The standard InChI is InChI=1S/C20H38O/c1-5-6-7-8-9-10-11-12-13-16-14-20(4)15-17(16)19(2,3)18(20)21/h16-18,21H,5-15H2,1-4H3/t16?,17-,18+,20+/m0/s1. The third-order valence-electron chi connectivity index (χ3n) is 6.73. The molecule has 0 aromatic carbocycles. The van der Waals surface area contributed by atoms with E-state index in [0.717, 1.165) is 11.8 Å². The van der Waals surface area contributed by atoms with Crippen LogP contribution in [0, 0.1) is 22.7 Å². The Labute approximate surface area is 132 Å². The third kappa shape index (κ3) is 3.66. The van der Waals surface area contributed by atoms with E-state index in [9.17, 15) is 5.11 Å². The van der Waals surface area contributed by atoms with Crippen molar-refractivity contribution in [3.05, 3.63) is 0 Å². The molecule has 2 rings (SSSR count). The number of hydrogen-bond donors (Lipinski definition) is 1. The maximum atomic E-state index is 10.5. The van der Waals surface area contributed by atoms with Gasteiger partial charge in [0, 0.05) is 0 Å². The highest BCUT2D eigenvalue weighted by molar-refractivity contribution is 5.11. The molecule has 1 N–H and O–H groups in total. The summed E-state index contributed by atoms with van der Waals surface area (Å²) in [6, 6.07) is 0. The highest BCUT2D eigenvalue weighted by Crippen LogP contribution is 2.65. The van der Waals surface area contributed by atoms with Crippen LogP contribution in [-0.2, 0) is 0 Å². The Hall–Kier alpha value is -0.0400. The third-order valence-corrected chi connectivity index (χ3v) is 6.73. The molecule has 2 saturated carbocycles. The van der Waals surface area contributed by atoms with Gasteiger partial charge in [0.05, 0.1) is 6.10 Å². The fourth-order valence-electron chi connectivity index (χ4n) is 5.53. The van der Waals surface area contributed by atoms with Crippen LogP contribution in [0.3, 0.4) is 0 Å². The van der Waals surface area contributed by atoms with E-state index in [1.165, 1.54) is 70.6 Å². The number of aliphatic hydroxyl groups is 1. The molecule has 0 saturated heterocycles. The number of fused-ring (bicyclic) bond motifs is 2. The molecule has 4 atom stereocenters. The Bertz CT molecular complexity index is 317. The molecular weight excluding hydrogens is 256 g/mol. The molecule has 0 aromatic rings. The van der Waals surface area contributed by atoms with Crippen LogP contribution in [0.5, 0.6) is 0 Å². The van der Waals surface area contributed by atoms with E-state index in [1.807, 2.05) is 0 Å². The normalized spacial score (nSPS) is 37.3. The summed E-state index contributed by atoms with van der Waals surface area (Å²) < 4.78 is 0. The largest absolute Gasteiger partial charge is 0.392 e. The van der Waals surface area contributed by atoms with Gasteiger partial charge >= 0.3 is 0 Å². The van der Waals surface area contributed by atoms with Crippen molar-refractivity contribution >= 4 is 0 Å². The van der Waals surface area contributed by atoms with Gasteiger partial charge < -0.3 is 5.11 Å². The van der Waals surface area contributed by atoms with E-state index in [2.05, 4.69) is 27.7 Å². The number of aliphatic hydroxyl groups excluding tert-OH is 1. The number of rotatable bonds is 9. The van der Waals surface area contributed by atoms with Gasteiger partial charge in [-0.05, 0) is 35.5 Å². The molecule has 21 heavy (non-hydrogen) atoms. The van der Waals surface area contributed by atoms with Crippen LogP contribution in [0.15, 0.2) is 0 Å². The van der Waals surface area contributed by atoms with Gasteiger partial charge in [0.15, 0.2) is 0 Å². The van der Waals surface area contributed by atoms with Crippen molar-refractivity contribution in [1.82, 2.24) is 0 Å². The highest BCUT2D eigenvalue weighted by atomic mass is 16.3. The first-order chi connectivity index (χ1) is 9.92. The molecule has 124 valence electrons. The van der Waals surface area contributed by atoms with Gasteiger partial charge in [-0.2, -0.15) is 0 Å². The first-order valence-corrected chi connectivity index (χ1v) is 9.60. The first kappa shape index (κ1) is 17.3. The minimum atomic E-state index is -0.0789. The minimum Gasteiger partial charge on any atom is -0.392 e. The van der Waals surface area contributed by atoms with Crippen molar-refractivity contribution < 1.29 is 5.11 Å². The quantitative estimate of drug-likeness (QED) is 0.521. The van der Waals surface area contributed by atoms with Gasteiger partial charge in [-0.15, -0.1) is 0 Å². The molecule has 0 aromatic heterocycles. The fraction of sp³-hybridized carbons (Fsp3) is 1.00. The van der Waals surface area contributed by atoms with E-state index < -0.39 is 0 Å². The average molecular weight is 295 g/mol. The molecule has 1 nitrogen and oxygen atoms in total. The SMILES string of the molecule is CCCCCCCCCCC1C[C@]2(C)C[C@@H]1C(C)(C)[C@H]2O. The molecule has 0 heterocycles. The summed E-state index contributed by atoms with van der Waals surface area (Å²) in [5.41, 5.74) is 0.372. The number of unbranched alkanes of at least 4 members (excludes halogenated alkanes) is 7. The molecule has 1 heteroatoms. The summed E-state index contributed by atoms with van der Waals surface area (Å²) in [7, 11) is 0. The smallest absolute Gasteiger partial charge is 0.0647 e. The van der Waals surface area contributed by atoms with Crippen molar-refractivity contribution in [3.63, 3.8) is 0 Å². The van der Waals surface area contributed by atoms with E-state index in [-0.39, 0.29) is 16.9 Å². The highest BCUT2D eigenvalue weighted by Gasteiger charge is 2.62. The van der Waals surface area contributed by atoms with Crippen LogP contribution >= 0.6 is 0 Å². The lowest BCUT2D eigenvalue weighted by molar-refractivity contribution is -0.0546. The zero-order valence-corrected chi connectivity index (χ0v) is 15.0. The topological polar surface area (TPSA) is 20.2 Å². The van der Waals surface area contributed by atoms with Gasteiger partial charge in [0.2, 0.25) is 0 Å². The molecule has 2 aliphatic rings. The molecule has 2 aliphatic carbocycles. The zero-order chi connectivity index (χ0) is 15.5. The van der Waals surface area contributed by atoms with Crippen molar-refractivity contribution in [3.8, 4) is 0 Å². The summed E-state index contributed by atoms with van der Waals surface area (Å²) in [6.07, 6.45) is 15.2. The van der Waals surface area contributed by atoms with Crippen molar-refractivity contribution in [2.24, 2.45) is 22.7 Å². The Morgan fingerprint density at radius 2 is 1.43 bits per heavy atom. The lowest BCUT2D eigenvalue weighted by Gasteiger charge is -2.43. The molecule has 2 fully saturated rings. The van der Waals surface area contributed by atoms with Gasteiger partial charge in [-0.1, -0.05) is 85.5 Å². The lowest BCUT2D eigenvalue weighted by atomic mass is 9.65. The van der Waals surface area contributed by atoms with E-state index in [0.29, 0.717) is 0 Å². The Morgan fingerprint density at radius 3 is 1.95 bits per heavy atom. The minimum absolute atomic E-state index is 0.0789. The Morgan fingerprint density at radius 1 is 0.857 bits per heavy atom. The van der Waals surface area contributed by atoms with Crippen LogP contribution in [0.4, 0.5) is 0 Å². The molecule has 0 spiro atoms. The first-order valence-electron chi connectivity index (χ1n) is 9.60.